The van der Waals surface area contributed by atoms with Crippen LogP contribution in [0.4, 0.5) is 13.2 Å². The zero-order valence-corrected chi connectivity index (χ0v) is 10.2. The highest BCUT2D eigenvalue weighted by atomic mass is 19.4. The molecule has 1 fully saturated rings. The lowest BCUT2D eigenvalue weighted by atomic mass is 10.1. The summed E-state index contributed by atoms with van der Waals surface area (Å²) in [7, 11) is 0. The first kappa shape index (κ1) is 14.7. The Hall–Kier alpha value is -0.330. The van der Waals surface area contributed by atoms with E-state index in [1.807, 2.05) is 0 Å². The Kier molecular flexibility index (Phi) is 6.22. The SMILES string of the molecule is CC(CNCCOC(F)(F)F)CN1CCCC1. The number of nitrogens with zero attached hydrogens (tertiary/aromatic N) is 1. The van der Waals surface area contributed by atoms with Crippen molar-refractivity contribution in [3.05, 3.63) is 0 Å². The highest BCUT2D eigenvalue weighted by Crippen LogP contribution is 2.15. The Morgan fingerprint density at radius 1 is 1.29 bits per heavy atom. The molecule has 3 nitrogen and oxygen atoms in total. The molecule has 6 heteroatoms. The van der Waals surface area contributed by atoms with Gasteiger partial charge in [0, 0.05) is 13.1 Å². The summed E-state index contributed by atoms with van der Waals surface area (Å²) in [5.74, 6) is 0.457. The highest BCUT2D eigenvalue weighted by molar-refractivity contribution is 4.69. The van der Waals surface area contributed by atoms with Crippen LogP contribution in [-0.4, -0.2) is 50.6 Å². The number of alkyl halides is 3. The summed E-state index contributed by atoms with van der Waals surface area (Å²) < 4.78 is 38.6. The summed E-state index contributed by atoms with van der Waals surface area (Å²) in [5.41, 5.74) is 0. The molecule has 0 aliphatic carbocycles. The Morgan fingerprint density at radius 2 is 1.94 bits per heavy atom. The van der Waals surface area contributed by atoms with Crippen molar-refractivity contribution in [2.45, 2.75) is 26.1 Å². The topological polar surface area (TPSA) is 24.5 Å². The Labute approximate surface area is 100 Å². The molecular weight excluding hydrogens is 233 g/mol. The van der Waals surface area contributed by atoms with Crippen molar-refractivity contribution in [3.63, 3.8) is 0 Å². The van der Waals surface area contributed by atoms with Gasteiger partial charge in [0.25, 0.3) is 0 Å². The third-order valence-electron chi connectivity index (χ3n) is 2.81. The van der Waals surface area contributed by atoms with Gasteiger partial charge in [0.15, 0.2) is 0 Å². The second-order valence-electron chi connectivity index (χ2n) is 4.61. The minimum atomic E-state index is -4.51. The monoisotopic (exact) mass is 254 g/mol. The van der Waals surface area contributed by atoms with Gasteiger partial charge in [0.1, 0.15) is 0 Å². The van der Waals surface area contributed by atoms with Crippen LogP contribution in [0.2, 0.25) is 0 Å². The fraction of sp³-hybridized carbons (Fsp3) is 1.00. The second-order valence-corrected chi connectivity index (χ2v) is 4.61. The van der Waals surface area contributed by atoms with Crippen molar-refractivity contribution in [1.82, 2.24) is 10.2 Å². The van der Waals surface area contributed by atoms with Crippen LogP contribution in [0.25, 0.3) is 0 Å². The smallest absolute Gasteiger partial charge is 0.314 e. The number of hydrogen-bond acceptors (Lipinski definition) is 3. The summed E-state index contributed by atoms with van der Waals surface area (Å²) in [5, 5.41) is 2.98. The lowest BCUT2D eigenvalue weighted by molar-refractivity contribution is -0.323. The molecule has 1 heterocycles. The normalized spacial score (nSPS) is 19.8. The van der Waals surface area contributed by atoms with Crippen LogP contribution < -0.4 is 5.32 Å². The molecule has 0 aromatic heterocycles. The van der Waals surface area contributed by atoms with Gasteiger partial charge in [-0.2, -0.15) is 0 Å². The van der Waals surface area contributed by atoms with Gasteiger partial charge in [0.05, 0.1) is 6.61 Å². The number of nitrogens with one attached hydrogen (secondary N) is 1. The van der Waals surface area contributed by atoms with Gasteiger partial charge >= 0.3 is 6.36 Å². The van der Waals surface area contributed by atoms with Gasteiger partial charge in [-0.1, -0.05) is 6.92 Å². The second kappa shape index (κ2) is 7.18. The largest absolute Gasteiger partial charge is 0.522 e. The van der Waals surface area contributed by atoms with Gasteiger partial charge < -0.3 is 10.2 Å². The molecule has 0 bridgehead atoms. The van der Waals surface area contributed by atoms with Crippen molar-refractivity contribution in [3.8, 4) is 0 Å². The van der Waals surface area contributed by atoms with E-state index in [1.165, 1.54) is 12.8 Å². The summed E-state index contributed by atoms with van der Waals surface area (Å²) in [6, 6.07) is 0. The zero-order chi connectivity index (χ0) is 12.7. The predicted molar refractivity (Wildman–Crippen MR) is 59.7 cm³/mol. The lowest BCUT2D eigenvalue weighted by Crippen LogP contribution is -2.33. The predicted octanol–water partition coefficient (Wildman–Crippen LogP) is 1.84. The van der Waals surface area contributed by atoms with E-state index in [9.17, 15) is 13.2 Å². The van der Waals surface area contributed by atoms with E-state index in [4.69, 9.17) is 0 Å². The Balaban J connectivity index is 1.94. The average molecular weight is 254 g/mol. The maximum atomic E-state index is 11.7. The van der Waals surface area contributed by atoms with Crippen molar-refractivity contribution in [2.24, 2.45) is 5.92 Å². The molecule has 0 radical (unpaired) electrons. The molecule has 1 rings (SSSR count). The molecule has 102 valence electrons. The number of ether oxygens (including phenoxy) is 1. The first-order chi connectivity index (χ1) is 7.97. The molecule has 0 saturated carbocycles. The molecule has 1 unspecified atom stereocenters. The van der Waals surface area contributed by atoms with Crippen LogP contribution in [0.1, 0.15) is 19.8 Å². The van der Waals surface area contributed by atoms with Gasteiger partial charge in [0.2, 0.25) is 0 Å². The van der Waals surface area contributed by atoms with E-state index in [0.717, 1.165) is 26.2 Å². The van der Waals surface area contributed by atoms with Crippen LogP contribution in [-0.2, 0) is 4.74 Å². The minimum absolute atomic E-state index is 0.240. The molecular formula is C11H21F3N2O. The lowest BCUT2D eigenvalue weighted by Gasteiger charge is -2.20. The fourth-order valence-corrected chi connectivity index (χ4v) is 2.06. The number of rotatable bonds is 7. The van der Waals surface area contributed by atoms with Crippen molar-refractivity contribution < 1.29 is 17.9 Å². The maximum Gasteiger partial charge on any atom is 0.522 e. The highest BCUT2D eigenvalue weighted by Gasteiger charge is 2.28. The minimum Gasteiger partial charge on any atom is -0.314 e. The molecule has 0 amide bonds. The summed E-state index contributed by atoms with van der Waals surface area (Å²) >= 11 is 0. The molecule has 1 aliphatic rings. The van der Waals surface area contributed by atoms with Gasteiger partial charge in [-0.05, 0) is 38.4 Å². The number of hydrogen-bond donors (Lipinski definition) is 1. The van der Waals surface area contributed by atoms with Gasteiger partial charge in [-0.25, -0.2) is 0 Å². The standard InChI is InChI=1S/C11H21F3N2O/c1-10(9-16-5-2-3-6-16)8-15-4-7-17-11(12,13)14/h10,15H,2-9H2,1H3. The quantitative estimate of drug-likeness (QED) is 0.702. The number of likely N-dealkylation sites (tertiary alicyclic amines) is 1. The molecule has 0 spiro atoms. The molecule has 1 aliphatic heterocycles. The molecule has 17 heavy (non-hydrogen) atoms. The molecule has 0 aromatic carbocycles. The first-order valence-corrected chi connectivity index (χ1v) is 6.11. The fourth-order valence-electron chi connectivity index (χ4n) is 2.06. The summed E-state index contributed by atoms with van der Waals surface area (Å²) in [6.45, 7) is 6.09. The van der Waals surface area contributed by atoms with Crippen LogP contribution in [0, 0.1) is 5.92 Å². The van der Waals surface area contributed by atoms with Gasteiger partial charge in [-0.15, -0.1) is 13.2 Å². The molecule has 1 atom stereocenters. The number of halogens is 3. The van der Waals surface area contributed by atoms with E-state index in [0.29, 0.717) is 5.92 Å². The molecule has 1 saturated heterocycles. The van der Waals surface area contributed by atoms with E-state index < -0.39 is 6.36 Å². The van der Waals surface area contributed by atoms with Crippen molar-refractivity contribution in [1.29, 1.82) is 0 Å². The van der Waals surface area contributed by atoms with Crippen LogP contribution in [0.15, 0.2) is 0 Å². The van der Waals surface area contributed by atoms with Crippen LogP contribution in [0.3, 0.4) is 0 Å². The van der Waals surface area contributed by atoms with E-state index in [-0.39, 0.29) is 13.2 Å². The van der Waals surface area contributed by atoms with Crippen LogP contribution in [0.5, 0.6) is 0 Å². The zero-order valence-electron chi connectivity index (χ0n) is 10.2. The molecule has 0 aromatic rings. The Bertz CT molecular complexity index is 205. The molecule has 1 N–H and O–H groups in total. The first-order valence-electron chi connectivity index (χ1n) is 6.11. The third-order valence-corrected chi connectivity index (χ3v) is 2.81. The Morgan fingerprint density at radius 3 is 2.53 bits per heavy atom. The van der Waals surface area contributed by atoms with E-state index in [1.54, 1.807) is 0 Å². The van der Waals surface area contributed by atoms with Crippen LogP contribution >= 0.6 is 0 Å². The third kappa shape index (κ3) is 7.57. The summed E-state index contributed by atoms with van der Waals surface area (Å²) in [6.07, 6.45) is -1.98. The maximum absolute atomic E-state index is 11.7. The van der Waals surface area contributed by atoms with Crippen molar-refractivity contribution in [2.75, 3.05) is 39.3 Å². The average Bonchev–Trinajstić information content (AvgIpc) is 2.68. The summed E-state index contributed by atoms with van der Waals surface area (Å²) in [4.78, 5) is 2.40. The van der Waals surface area contributed by atoms with Crippen molar-refractivity contribution >= 4 is 0 Å². The van der Waals surface area contributed by atoms with E-state index in [2.05, 4.69) is 21.9 Å². The van der Waals surface area contributed by atoms with Gasteiger partial charge in [-0.3, -0.25) is 4.74 Å². The van der Waals surface area contributed by atoms with E-state index >= 15 is 0 Å².